The lowest BCUT2D eigenvalue weighted by molar-refractivity contribution is -0.147. The molecule has 0 bridgehead atoms. The molecule has 98 valence electrons. The number of hydrogen-bond acceptors (Lipinski definition) is 3. The average Bonchev–Trinajstić information content (AvgIpc) is 2.24. The lowest BCUT2D eigenvalue weighted by Crippen LogP contribution is -2.23. The van der Waals surface area contributed by atoms with Crippen LogP contribution >= 0.6 is 0 Å². The van der Waals surface area contributed by atoms with Crippen LogP contribution in [0.15, 0.2) is 0 Å². The largest absolute Gasteiger partial charge is 0.481 e. The van der Waals surface area contributed by atoms with Crippen LogP contribution in [0.2, 0.25) is 0 Å². The number of unbranched alkanes of at least 4 members (excludes halogenated alkanes) is 3. The summed E-state index contributed by atoms with van der Waals surface area (Å²) in [4.78, 5) is 10.7. The van der Waals surface area contributed by atoms with Gasteiger partial charge in [-0.3, -0.25) is 4.79 Å². The highest BCUT2D eigenvalue weighted by Crippen LogP contribution is 2.23. The Balaban J connectivity index is 0. The van der Waals surface area contributed by atoms with Crippen molar-refractivity contribution in [3.05, 3.63) is 0 Å². The Morgan fingerprint density at radius 1 is 1.25 bits per heavy atom. The van der Waals surface area contributed by atoms with Gasteiger partial charge in [0.25, 0.3) is 0 Å². The number of aliphatic hydroxyl groups is 1. The van der Waals surface area contributed by atoms with Crippen molar-refractivity contribution in [1.29, 1.82) is 0 Å². The maximum absolute atomic E-state index is 10.7. The zero-order chi connectivity index (χ0) is 13.0. The molecule has 0 unspecified atom stereocenters. The summed E-state index contributed by atoms with van der Waals surface area (Å²) in [6.45, 7) is 6.21. The third-order valence-electron chi connectivity index (χ3n) is 2.36. The topological polar surface area (TPSA) is 83.5 Å². The fraction of sp³-hybridized carbons (Fsp3) is 0.917. The first-order valence-corrected chi connectivity index (χ1v) is 5.96. The molecule has 0 atom stereocenters. The summed E-state index contributed by atoms with van der Waals surface area (Å²) in [7, 11) is 0. The number of hydrogen-bond donors (Lipinski definition) is 3. The molecule has 0 aromatic heterocycles. The third-order valence-corrected chi connectivity index (χ3v) is 2.36. The lowest BCUT2D eigenvalue weighted by atomic mass is 9.87. The van der Waals surface area contributed by atoms with Crippen LogP contribution in [-0.4, -0.2) is 29.3 Å². The van der Waals surface area contributed by atoms with Crippen molar-refractivity contribution >= 4 is 5.97 Å². The highest BCUT2D eigenvalue weighted by molar-refractivity contribution is 5.73. The van der Waals surface area contributed by atoms with E-state index in [0.717, 1.165) is 19.3 Å². The molecule has 0 fully saturated rings. The molecular formula is C12H27NO3. The van der Waals surface area contributed by atoms with Gasteiger partial charge < -0.3 is 15.9 Å². The number of aliphatic carboxylic acids is 1. The van der Waals surface area contributed by atoms with Crippen LogP contribution < -0.4 is 5.73 Å². The molecule has 0 rings (SSSR count). The fourth-order valence-corrected chi connectivity index (χ4v) is 1.10. The van der Waals surface area contributed by atoms with E-state index in [2.05, 4.69) is 6.92 Å². The number of nitrogens with two attached hydrogens (primary N) is 1. The highest BCUT2D eigenvalue weighted by atomic mass is 16.4. The number of carboxylic acid groups (broad SMARTS) is 1. The standard InChI is InChI=1S/C10H20O2.C2H7NO/c1-4-5-6-7-8-10(2,3)9(11)12;3-1-2-4/h4-8H2,1-3H3,(H,11,12);4H,1-3H2. The van der Waals surface area contributed by atoms with Crippen molar-refractivity contribution in [3.63, 3.8) is 0 Å². The van der Waals surface area contributed by atoms with Gasteiger partial charge in [0, 0.05) is 6.54 Å². The van der Waals surface area contributed by atoms with Crippen LogP contribution in [0.25, 0.3) is 0 Å². The Bertz CT molecular complexity index is 168. The van der Waals surface area contributed by atoms with E-state index in [-0.39, 0.29) is 6.61 Å². The van der Waals surface area contributed by atoms with E-state index in [0.29, 0.717) is 6.54 Å². The Morgan fingerprint density at radius 3 is 2.06 bits per heavy atom. The molecule has 0 aromatic carbocycles. The van der Waals surface area contributed by atoms with Crippen molar-refractivity contribution in [2.24, 2.45) is 11.1 Å². The molecule has 0 saturated heterocycles. The lowest BCUT2D eigenvalue weighted by Gasteiger charge is -2.18. The van der Waals surface area contributed by atoms with Gasteiger partial charge in [-0.25, -0.2) is 0 Å². The van der Waals surface area contributed by atoms with Crippen LogP contribution in [0.5, 0.6) is 0 Å². The van der Waals surface area contributed by atoms with Gasteiger partial charge in [0.05, 0.1) is 12.0 Å². The van der Waals surface area contributed by atoms with Gasteiger partial charge >= 0.3 is 5.97 Å². The predicted molar refractivity (Wildman–Crippen MR) is 66.3 cm³/mol. The van der Waals surface area contributed by atoms with E-state index >= 15 is 0 Å². The summed E-state index contributed by atoms with van der Waals surface area (Å²) in [5.74, 6) is -0.681. The van der Waals surface area contributed by atoms with Gasteiger partial charge in [-0.05, 0) is 20.3 Å². The number of carboxylic acids is 1. The van der Waals surface area contributed by atoms with E-state index in [1.807, 2.05) is 0 Å². The summed E-state index contributed by atoms with van der Waals surface area (Å²) >= 11 is 0. The maximum Gasteiger partial charge on any atom is 0.309 e. The van der Waals surface area contributed by atoms with Crippen LogP contribution in [0.3, 0.4) is 0 Å². The Labute approximate surface area is 98.8 Å². The fourth-order valence-electron chi connectivity index (χ4n) is 1.10. The second kappa shape index (κ2) is 10.9. The van der Waals surface area contributed by atoms with Crippen LogP contribution in [0, 0.1) is 5.41 Å². The highest BCUT2D eigenvalue weighted by Gasteiger charge is 2.25. The van der Waals surface area contributed by atoms with Gasteiger partial charge in [-0.1, -0.05) is 32.6 Å². The summed E-state index contributed by atoms with van der Waals surface area (Å²) in [5, 5.41) is 16.5. The van der Waals surface area contributed by atoms with Gasteiger partial charge in [0.2, 0.25) is 0 Å². The van der Waals surface area contributed by atoms with E-state index in [9.17, 15) is 4.79 Å². The van der Waals surface area contributed by atoms with E-state index < -0.39 is 11.4 Å². The minimum Gasteiger partial charge on any atom is -0.481 e. The predicted octanol–water partition coefficient (Wildman–Crippen LogP) is 2.01. The van der Waals surface area contributed by atoms with Gasteiger partial charge in [0.15, 0.2) is 0 Å². The SMILES string of the molecule is CCCCCCC(C)(C)C(=O)O.NCCO. The molecule has 16 heavy (non-hydrogen) atoms. The molecule has 0 heterocycles. The third kappa shape index (κ3) is 11.5. The number of aliphatic hydroxyl groups excluding tert-OH is 1. The summed E-state index contributed by atoms with van der Waals surface area (Å²) < 4.78 is 0. The molecule has 0 spiro atoms. The zero-order valence-electron chi connectivity index (χ0n) is 10.8. The zero-order valence-corrected chi connectivity index (χ0v) is 10.8. The monoisotopic (exact) mass is 233 g/mol. The first kappa shape index (κ1) is 17.8. The molecule has 0 aromatic rings. The number of carbonyl (C=O) groups is 1. The van der Waals surface area contributed by atoms with Crippen LogP contribution in [0.1, 0.15) is 52.9 Å². The summed E-state index contributed by atoms with van der Waals surface area (Å²) in [6.07, 6.45) is 5.41. The molecule has 4 N–H and O–H groups in total. The molecule has 0 aliphatic carbocycles. The smallest absolute Gasteiger partial charge is 0.309 e. The van der Waals surface area contributed by atoms with Crippen molar-refractivity contribution in [1.82, 2.24) is 0 Å². The quantitative estimate of drug-likeness (QED) is 0.587. The minimum atomic E-state index is -0.681. The first-order chi connectivity index (χ1) is 7.42. The van der Waals surface area contributed by atoms with E-state index in [1.54, 1.807) is 13.8 Å². The normalized spacial score (nSPS) is 10.6. The molecule has 0 radical (unpaired) electrons. The molecule has 0 saturated carbocycles. The maximum atomic E-state index is 10.7. The van der Waals surface area contributed by atoms with Crippen LogP contribution in [-0.2, 0) is 4.79 Å². The molecule has 0 aliphatic heterocycles. The Morgan fingerprint density at radius 2 is 1.75 bits per heavy atom. The molecule has 0 aliphatic rings. The number of rotatable bonds is 7. The van der Waals surface area contributed by atoms with Crippen molar-refractivity contribution in [3.8, 4) is 0 Å². The minimum absolute atomic E-state index is 0.0972. The Hall–Kier alpha value is -0.610. The van der Waals surface area contributed by atoms with Crippen LogP contribution in [0.4, 0.5) is 0 Å². The van der Waals surface area contributed by atoms with E-state index in [4.69, 9.17) is 15.9 Å². The molecule has 4 heteroatoms. The van der Waals surface area contributed by atoms with E-state index in [1.165, 1.54) is 12.8 Å². The second-order valence-electron chi connectivity index (χ2n) is 4.51. The average molecular weight is 233 g/mol. The van der Waals surface area contributed by atoms with Crippen molar-refractivity contribution in [2.45, 2.75) is 52.9 Å². The van der Waals surface area contributed by atoms with Crippen molar-refractivity contribution in [2.75, 3.05) is 13.2 Å². The Kier molecular flexibility index (Phi) is 12.1. The first-order valence-electron chi connectivity index (χ1n) is 5.96. The summed E-state index contributed by atoms with van der Waals surface area (Å²) in [5.41, 5.74) is 4.24. The van der Waals surface area contributed by atoms with Gasteiger partial charge in [0.1, 0.15) is 0 Å². The molecule has 4 nitrogen and oxygen atoms in total. The van der Waals surface area contributed by atoms with Gasteiger partial charge in [-0.15, -0.1) is 0 Å². The second-order valence-corrected chi connectivity index (χ2v) is 4.51. The molecule has 0 amide bonds. The van der Waals surface area contributed by atoms with Gasteiger partial charge in [-0.2, -0.15) is 0 Å². The van der Waals surface area contributed by atoms with Crippen molar-refractivity contribution < 1.29 is 15.0 Å². The molecular weight excluding hydrogens is 206 g/mol. The summed E-state index contributed by atoms with van der Waals surface area (Å²) in [6, 6.07) is 0.